The van der Waals surface area contributed by atoms with Gasteiger partial charge in [0.25, 0.3) is 0 Å². The summed E-state index contributed by atoms with van der Waals surface area (Å²) in [6.07, 6.45) is 5.55. The second-order valence-electron chi connectivity index (χ2n) is 8.60. The van der Waals surface area contributed by atoms with Crippen LogP contribution in [0.2, 0.25) is 0 Å². The van der Waals surface area contributed by atoms with E-state index in [2.05, 4.69) is 37.3 Å². The summed E-state index contributed by atoms with van der Waals surface area (Å²) in [5.74, 6) is 1.33. The van der Waals surface area contributed by atoms with Gasteiger partial charge in [-0.15, -0.1) is 11.3 Å². The monoisotopic (exact) mass is 427 g/mol. The third kappa shape index (κ3) is 3.84. The molecule has 30 heavy (non-hydrogen) atoms. The Labute approximate surface area is 181 Å². The van der Waals surface area contributed by atoms with Gasteiger partial charge < -0.3 is 14.5 Å². The molecule has 3 fully saturated rings. The number of likely N-dealkylation sites (tertiary alicyclic amines) is 1. The van der Waals surface area contributed by atoms with Gasteiger partial charge in [0.15, 0.2) is 0 Å². The number of rotatable bonds is 4. The topological polar surface area (TPSA) is 61.8 Å². The van der Waals surface area contributed by atoms with Crippen molar-refractivity contribution in [3.63, 3.8) is 0 Å². The van der Waals surface area contributed by atoms with Crippen LogP contribution >= 0.6 is 11.3 Å². The molecule has 3 saturated heterocycles. The van der Waals surface area contributed by atoms with Crippen LogP contribution in [-0.2, 0) is 16.1 Å². The maximum atomic E-state index is 13.9. The fourth-order valence-corrected chi connectivity index (χ4v) is 6.06. The van der Waals surface area contributed by atoms with Gasteiger partial charge in [0.1, 0.15) is 0 Å². The highest BCUT2D eigenvalue weighted by Gasteiger charge is 2.54. The molecule has 0 aliphatic carbocycles. The molecule has 0 spiro atoms. The molecule has 1 amide bonds. The molecule has 3 aliphatic heterocycles. The lowest BCUT2D eigenvalue weighted by Crippen LogP contribution is -2.52. The van der Waals surface area contributed by atoms with Gasteiger partial charge in [-0.1, -0.05) is 6.07 Å². The number of carbonyl (C=O) groups excluding carboxylic acids is 1. The first-order valence-corrected chi connectivity index (χ1v) is 11.8. The molecular weight excluding hydrogens is 398 g/mol. The Morgan fingerprint density at radius 3 is 2.77 bits per heavy atom. The van der Waals surface area contributed by atoms with Gasteiger partial charge in [-0.05, 0) is 36.9 Å². The minimum Gasteiger partial charge on any atom is -0.378 e. The van der Waals surface area contributed by atoms with E-state index in [4.69, 9.17) is 4.74 Å². The summed E-state index contributed by atoms with van der Waals surface area (Å²) in [5.41, 5.74) is -0.360. The molecular formula is C22H29N5O2S. The lowest BCUT2D eigenvalue weighted by atomic mass is 9.73. The fourth-order valence-electron chi connectivity index (χ4n) is 5.32. The van der Waals surface area contributed by atoms with Crippen molar-refractivity contribution in [2.24, 2.45) is 11.3 Å². The minimum atomic E-state index is -0.360. The van der Waals surface area contributed by atoms with Crippen LogP contribution in [0.5, 0.6) is 0 Å². The molecule has 0 unspecified atom stereocenters. The van der Waals surface area contributed by atoms with Gasteiger partial charge in [-0.25, -0.2) is 9.97 Å². The zero-order valence-corrected chi connectivity index (χ0v) is 18.1. The van der Waals surface area contributed by atoms with Crippen LogP contribution in [-0.4, -0.2) is 78.2 Å². The Kier molecular flexibility index (Phi) is 5.71. The van der Waals surface area contributed by atoms with Crippen molar-refractivity contribution in [3.8, 4) is 0 Å². The van der Waals surface area contributed by atoms with Crippen molar-refractivity contribution in [2.75, 3.05) is 57.4 Å². The number of aromatic nitrogens is 2. The van der Waals surface area contributed by atoms with Gasteiger partial charge in [-0.3, -0.25) is 9.69 Å². The summed E-state index contributed by atoms with van der Waals surface area (Å²) < 4.78 is 5.51. The Hall–Kier alpha value is -2.03. The van der Waals surface area contributed by atoms with Gasteiger partial charge in [0.2, 0.25) is 11.9 Å². The molecule has 0 radical (unpaired) electrons. The molecule has 2 aromatic heterocycles. The fraction of sp³-hybridized carbons (Fsp3) is 0.591. The Morgan fingerprint density at radius 2 is 2.00 bits per heavy atom. The van der Waals surface area contributed by atoms with Crippen LogP contribution in [0, 0.1) is 11.3 Å². The van der Waals surface area contributed by atoms with Crippen molar-refractivity contribution in [3.05, 3.63) is 40.8 Å². The second-order valence-corrected chi connectivity index (χ2v) is 9.64. The number of amides is 1. The number of hydrogen-bond acceptors (Lipinski definition) is 7. The zero-order chi connectivity index (χ0) is 20.4. The summed E-state index contributed by atoms with van der Waals surface area (Å²) in [4.78, 5) is 31.1. The van der Waals surface area contributed by atoms with Crippen LogP contribution in [0.1, 0.15) is 17.7 Å². The second kappa shape index (κ2) is 8.61. The van der Waals surface area contributed by atoms with Crippen molar-refractivity contribution in [1.82, 2.24) is 19.8 Å². The molecule has 0 aromatic carbocycles. The molecule has 2 aromatic rings. The first kappa shape index (κ1) is 19.9. The van der Waals surface area contributed by atoms with E-state index < -0.39 is 0 Å². The van der Waals surface area contributed by atoms with Crippen LogP contribution in [0.4, 0.5) is 5.95 Å². The predicted octanol–water partition coefficient (Wildman–Crippen LogP) is 2.12. The molecule has 160 valence electrons. The van der Waals surface area contributed by atoms with Gasteiger partial charge in [0, 0.05) is 62.5 Å². The largest absolute Gasteiger partial charge is 0.378 e. The molecule has 8 heteroatoms. The maximum absolute atomic E-state index is 13.9. The van der Waals surface area contributed by atoms with Crippen molar-refractivity contribution >= 4 is 23.2 Å². The summed E-state index contributed by atoms with van der Waals surface area (Å²) in [5, 5.41) is 2.14. The number of fused-ring (bicyclic) bond motifs is 1. The average Bonchev–Trinajstić information content (AvgIpc) is 3.40. The van der Waals surface area contributed by atoms with E-state index in [-0.39, 0.29) is 11.3 Å². The standard InChI is InChI=1S/C22H29N5O2S/c28-20(26-9-11-29-12-10-26)22-5-2-8-25(16-19-4-1-13-30-19)14-18(22)15-27(17-22)21-23-6-3-7-24-21/h1,3-4,6-7,13,18H,2,5,8-12,14-17H2/t18-,22-/m0/s1. The molecule has 0 N–H and O–H groups in total. The van der Waals surface area contributed by atoms with Crippen molar-refractivity contribution in [1.29, 1.82) is 0 Å². The Bertz CT molecular complexity index is 842. The summed E-state index contributed by atoms with van der Waals surface area (Å²) in [6.45, 7) is 7.20. The summed E-state index contributed by atoms with van der Waals surface area (Å²) in [6, 6.07) is 6.17. The zero-order valence-electron chi connectivity index (χ0n) is 17.3. The van der Waals surface area contributed by atoms with E-state index >= 15 is 0 Å². The molecule has 3 aliphatic rings. The molecule has 5 heterocycles. The van der Waals surface area contributed by atoms with E-state index in [1.807, 2.05) is 22.3 Å². The maximum Gasteiger partial charge on any atom is 0.231 e. The number of nitrogens with zero attached hydrogens (tertiary/aromatic N) is 5. The average molecular weight is 428 g/mol. The lowest BCUT2D eigenvalue weighted by Gasteiger charge is -2.38. The quantitative estimate of drug-likeness (QED) is 0.745. The Balaban J connectivity index is 1.42. The van der Waals surface area contributed by atoms with Crippen LogP contribution in [0.25, 0.3) is 0 Å². The first-order valence-electron chi connectivity index (χ1n) is 10.9. The molecule has 5 rings (SSSR count). The van der Waals surface area contributed by atoms with E-state index in [1.165, 1.54) is 4.88 Å². The predicted molar refractivity (Wildman–Crippen MR) is 116 cm³/mol. The SMILES string of the molecule is O=C(N1CCOCC1)[C@]12CCCN(Cc3cccs3)C[C@H]1CN(c1ncccn1)C2. The summed E-state index contributed by atoms with van der Waals surface area (Å²) >= 11 is 1.81. The number of thiophene rings is 1. The number of carbonyl (C=O) groups is 1. The third-order valence-electron chi connectivity index (χ3n) is 6.79. The van der Waals surface area contributed by atoms with Crippen molar-refractivity contribution < 1.29 is 9.53 Å². The third-order valence-corrected chi connectivity index (χ3v) is 7.65. The highest BCUT2D eigenvalue weighted by atomic mass is 32.1. The number of anilines is 1. The normalized spacial score (nSPS) is 27.7. The van der Waals surface area contributed by atoms with Crippen molar-refractivity contribution in [2.45, 2.75) is 19.4 Å². The lowest BCUT2D eigenvalue weighted by molar-refractivity contribution is -0.148. The van der Waals surface area contributed by atoms with Crippen LogP contribution in [0.3, 0.4) is 0 Å². The molecule has 0 bridgehead atoms. The summed E-state index contributed by atoms with van der Waals surface area (Å²) in [7, 11) is 0. The van der Waals surface area contributed by atoms with E-state index in [0.29, 0.717) is 38.8 Å². The van der Waals surface area contributed by atoms with Gasteiger partial charge in [0.05, 0.1) is 18.6 Å². The first-order chi connectivity index (χ1) is 14.7. The number of morpholine rings is 1. The number of ether oxygens (including phenoxy) is 1. The highest BCUT2D eigenvalue weighted by Crippen LogP contribution is 2.45. The van der Waals surface area contributed by atoms with Gasteiger partial charge >= 0.3 is 0 Å². The van der Waals surface area contributed by atoms with Crippen LogP contribution in [0.15, 0.2) is 36.0 Å². The van der Waals surface area contributed by atoms with Crippen LogP contribution < -0.4 is 4.90 Å². The van der Waals surface area contributed by atoms with E-state index in [9.17, 15) is 4.79 Å². The van der Waals surface area contributed by atoms with E-state index in [0.717, 1.165) is 45.0 Å². The minimum absolute atomic E-state index is 0.277. The molecule has 7 nitrogen and oxygen atoms in total. The van der Waals surface area contributed by atoms with Gasteiger partial charge in [-0.2, -0.15) is 0 Å². The van der Waals surface area contributed by atoms with E-state index in [1.54, 1.807) is 12.4 Å². The smallest absolute Gasteiger partial charge is 0.231 e. The number of hydrogen-bond donors (Lipinski definition) is 0. The molecule has 0 saturated carbocycles. The highest BCUT2D eigenvalue weighted by molar-refractivity contribution is 7.09. The molecule has 2 atom stereocenters. The Morgan fingerprint density at radius 1 is 1.17 bits per heavy atom.